The number of alkyl halides is 3. The molecule has 2 saturated carbocycles. The summed E-state index contributed by atoms with van der Waals surface area (Å²) in [5, 5.41) is 3.00. The molecule has 26 heavy (non-hydrogen) atoms. The molecule has 0 bridgehead atoms. The molecule has 6 heteroatoms. The SMILES string of the molecule is CCc1cc(C(F)(F)F)ccc1C(=O)N[C@H]1CCCC1=NC1CCCC1. The number of benzene rings is 1. The number of aryl methyl sites for hydroxylation is 1. The molecule has 3 rings (SSSR count). The van der Waals surface area contributed by atoms with E-state index in [2.05, 4.69) is 5.32 Å². The maximum absolute atomic E-state index is 12.9. The summed E-state index contributed by atoms with van der Waals surface area (Å²) in [7, 11) is 0. The van der Waals surface area contributed by atoms with Crippen molar-refractivity contribution in [2.24, 2.45) is 4.99 Å². The lowest BCUT2D eigenvalue weighted by molar-refractivity contribution is -0.137. The van der Waals surface area contributed by atoms with Gasteiger partial charge < -0.3 is 5.32 Å². The minimum absolute atomic E-state index is 0.0879. The Morgan fingerprint density at radius 2 is 1.92 bits per heavy atom. The van der Waals surface area contributed by atoms with Gasteiger partial charge in [0.2, 0.25) is 0 Å². The van der Waals surface area contributed by atoms with Crippen molar-refractivity contribution in [1.82, 2.24) is 5.32 Å². The van der Waals surface area contributed by atoms with Crippen LogP contribution in [-0.4, -0.2) is 23.7 Å². The van der Waals surface area contributed by atoms with Gasteiger partial charge in [-0.05, 0) is 62.3 Å². The number of nitrogens with zero attached hydrogens (tertiary/aromatic N) is 1. The van der Waals surface area contributed by atoms with Crippen molar-refractivity contribution in [1.29, 1.82) is 0 Å². The van der Waals surface area contributed by atoms with Gasteiger partial charge in [0.15, 0.2) is 0 Å². The predicted molar refractivity (Wildman–Crippen MR) is 95.6 cm³/mol. The number of nitrogens with one attached hydrogen (secondary N) is 1. The van der Waals surface area contributed by atoms with E-state index in [0.717, 1.165) is 49.9 Å². The highest BCUT2D eigenvalue weighted by atomic mass is 19.4. The zero-order chi connectivity index (χ0) is 18.7. The number of rotatable bonds is 4. The van der Waals surface area contributed by atoms with Gasteiger partial charge in [0.05, 0.1) is 11.6 Å². The highest BCUT2D eigenvalue weighted by Crippen LogP contribution is 2.31. The summed E-state index contributed by atoms with van der Waals surface area (Å²) in [6.07, 6.45) is 3.37. The van der Waals surface area contributed by atoms with E-state index in [1.54, 1.807) is 6.92 Å². The topological polar surface area (TPSA) is 41.5 Å². The summed E-state index contributed by atoms with van der Waals surface area (Å²) >= 11 is 0. The van der Waals surface area contributed by atoms with Crippen LogP contribution in [0.3, 0.4) is 0 Å². The fourth-order valence-corrected chi connectivity index (χ4v) is 3.93. The molecule has 0 heterocycles. The Morgan fingerprint density at radius 1 is 1.19 bits per heavy atom. The average Bonchev–Trinajstić information content (AvgIpc) is 3.26. The molecule has 3 nitrogen and oxygen atoms in total. The molecular weight excluding hydrogens is 341 g/mol. The lowest BCUT2D eigenvalue weighted by Crippen LogP contribution is -2.38. The van der Waals surface area contributed by atoms with Crippen molar-refractivity contribution in [3.63, 3.8) is 0 Å². The molecule has 0 saturated heterocycles. The van der Waals surface area contributed by atoms with Crippen LogP contribution in [0.4, 0.5) is 13.2 Å². The van der Waals surface area contributed by atoms with Crippen molar-refractivity contribution in [3.8, 4) is 0 Å². The van der Waals surface area contributed by atoms with E-state index in [1.165, 1.54) is 18.9 Å². The van der Waals surface area contributed by atoms with E-state index in [9.17, 15) is 18.0 Å². The molecule has 0 aliphatic heterocycles. The summed E-state index contributed by atoms with van der Waals surface area (Å²) in [5.41, 5.74) is 1.09. The molecule has 1 amide bonds. The fraction of sp³-hybridized carbons (Fsp3) is 0.600. The zero-order valence-corrected chi connectivity index (χ0v) is 15.0. The second-order valence-corrected chi connectivity index (χ2v) is 7.20. The number of halogens is 3. The van der Waals surface area contributed by atoms with E-state index >= 15 is 0 Å². The van der Waals surface area contributed by atoms with Gasteiger partial charge in [-0.1, -0.05) is 19.8 Å². The van der Waals surface area contributed by atoms with Crippen LogP contribution in [-0.2, 0) is 12.6 Å². The molecule has 0 spiro atoms. The number of carbonyl (C=O) groups excluding carboxylic acids is 1. The highest BCUT2D eigenvalue weighted by Gasteiger charge is 2.32. The van der Waals surface area contributed by atoms with Crippen LogP contribution >= 0.6 is 0 Å². The third kappa shape index (κ3) is 4.27. The highest BCUT2D eigenvalue weighted by molar-refractivity contribution is 6.01. The zero-order valence-electron chi connectivity index (χ0n) is 15.0. The van der Waals surface area contributed by atoms with Gasteiger partial charge >= 0.3 is 6.18 Å². The number of hydrogen-bond acceptors (Lipinski definition) is 2. The second-order valence-electron chi connectivity index (χ2n) is 7.20. The smallest absolute Gasteiger partial charge is 0.344 e. The van der Waals surface area contributed by atoms with Crippen molar-refractivity contribution in [2.75, 3.05) is 0 Å². The van der Waals surface area contributed by atoms with Gasteiger partial charge in [0.1, 0.15) is 0 Å². The Balaban J connectivity index is 1.75. The van der Waals surface area contributed by atoms with Crippen LogP contribution in [0.2, 0.25) is 0 Å². The van der Waals surface area contributed by atoms with Gasteiger partial charge in [0.25, 0.3) is 5.91 Å². The van der Waals surface area contributed by atoms with E-state index in [0.29, 0.717) is 23.6 Å². The van der Waals surface area contributed by atoms with Crippen LogP contribution in [0.1, 0.15) is 73.4 Å². The molecule has 2 fully saturated rings. The first kappa shape index (κ1) is 18.9. The normalized spacial score (nSPS) is 22.9. The lowest BCUT2D eigenvalue weighted by atomic mass is 10.0. The van der Waals surface area contributed by atoms with Crippen molar-refractivity contribution in [2.45, 2.75) is 76.6 Å². The number of hydrogen-bond donors (Lipinski definition) is 1. The van der Waals surface area contributed by atoms with E-state index < -0.39 is 11.7 Å². The summed E-state index contributed by atoms with van der Waals surface area (Å²) in [6, 6.07) is 3.64. The van der Waals surface area contributed by atoms with E-state index in [-0.39, 0.29) is 11.9 Å². The van der Waals surface area contributed by atoms with Gasteiger partial charge in [0, 0.05) is 17.3 Å². The summed E-state index contributed by atoms with van der Waals surface area (Å²) in [4.78, 5) is 17.5. The summed E-state index contributed by atoms with van der Waals surface area (Å²) in [5.74, 6) is -0.304. The first-order valence-electron chi connectivity index (χ1n) is 9.46. The predicted octanol–water partition coefficient (Wildman–Crippen LogP) is 4.93. The first-order chi connectivity index (χ1) is 12.4. The molecule has 1 atom stereocenters. The van der Waals surface area contributed by atoms with Crippen LogP contribution in [0.5, 0.6) is 0 Å². The molecule has 0 aromatic heterocycles. The maximum atomic E-state index is 12.9. The maximum Gasteiger partial charge on any atom is 0.416 e. The molecule has 2 aliphatic rings. The Labute approximate surface area is 152 Å². The van der Waals surface area contributed by atoms with Gasteiger partial charge in [-0.25, -0.2) is 0 Å². The molecule has 1 aromatic rings. The van der Waals surface area contributed by atoms with E-state index in [4.69, 9.17) is 4.99 Å². The van der Waals surface area contributed by atoms with Crippen LogP contribution < -0.4 is 5.32 Å². The van der Waals surface area contributed by atoms with Crippen molar-refractivity contribution < 1.29 is 18.0 Å². The lowest BCUT2D eigenvalue weighted by Gasteiger charge is -2.17. The summed E-state index contributed by atoms with van der Waals surface area (Å²) < 4.78 is 38.7. The molecule has 0 unspecified atom stereocenters. The molecular formula is C20H25F3N2O. The van der Waals surface area contributed by atoms with Gasteiger partial charge in [-0.3, -0.25) is 9.79 Å². The Bertz CT molecular complexity index is 691. The number of amides is 1. The van der Waals surface area contributed by atoms with Crippen LogP contribution in [0, 0.1) is 0 Å². The first-order valence-corrected chi connectivity index (χ1v) is 9.46. The van der Waals surface area contributed by atoms with Gasteiger partial charge in [-0.15, -0.1) is 0 Å². The van der Waals surface area contributed by atoms with Crippen molar-refractivity contribution >= 4 is 11.6 Å². The number of carbonyl (C=O) groups is 1. The molecule has 0 radical (unpaired) electrons. The third-order valence-corrected chi connectivity index (χ3v) is 5.36. The van der Waals surface area contributed by atoms with Crippen LogP contribution in [0.25, 0.3) is 0 Å². The van der Waals surface area contributed by atoms with Gasteiger partial charge in [-0.2, -0.15) is 13.2 Å². The number of aliphatic imine (C=N–C) groups is 1. The Hall–Kier alpha value is -1.85. The minimum atomic E-state index is -4.40. The Morgan fingerprint density at radius 3 is 2.58 bits per heavy atom. The monoisotopic (exact) mass is 366 g/mol. The second kappa shape index (κ2) is 7.80. The Kier molecular flexibility index (Phi) is 5.68. The quantitative estimate of drug-likeness (QED) is 0.806. The molecule has 2 aliphatic carbocycles. The average molecular weight is 366 g/mol. The largest absolute Gasteiger partial charge is 0.416 e. The van der Waals surface area contributed by atoms with Crippen LogP contribution in [0.15, 0.2) is 23.2 Å². The summed E-state index contributed by atoms with van der Waals surface area (Å²) in [6.45, 7) is 1.76. The molecule has 1 aromatic carbocycles. The molecule has 1 N–H and O–H groups in total. The standard InChI is InChI=1S/C20H25F3N2O/c1-2-13-12-14(20(21,22)23)10-11-16(13)19(26)25-18-9-5-8-17(18)24-15-6-3-4-7-15/h10-12,15,18H,2-9H2,1H3,(H,25,26)/t18-/m0/s1. The van der Waals surface area contributed by atoms with E-state index in [1.807, 2.05) is 0 Å². The molecule has 142 valence electrons. The fourth-order valence-electron chi connectivity index (χ4n) is 3.93. The minimum Gasteiger partial charge on any atom is -0.344 e. The van der Waals surface area contributed by atoms with Crippen molar-refractivity contribution in [3.05, 3.63) is 34.9 Å². The third-order valence-electron chi connectivity index (χ3n) is 5.36.